The van der Waals surface area contributed by atoms with Gasteiger partial charge in [-0.25, -0.2) is 8.42 Å². The second kappa shape index (κ2) is 5.52. The van der Waals surface area contributed by atoms with Gasteiger partial charge in [0.25, 0.3) is 0 Å². The van der Waals surface area contributed by atoms with Crippen LogP contribution in [-0.4, -0.2) is 47.4 Å². The number of aromatic nitrogens is 1. The second-order valence-corrected chi connectivity index (χ2v) is 7.52. The van der Waals surface area contributed by atoms with E-state index in [4.69, 9.17) is 18.0 Å². The largest absolute Gasteiger partial charge is 0.388 e. The SMILES string of the molecule is CC1CS(=O)(=O)CCN1Cc1ccnc(C(N)=S)c1. The maximum Gasteiger partial charge on any atom is 0.153 e. The summed E-state index contributed by atoms with van der Waals surface area (Å²) >= 11 is 4.90. The first-order valence-corrected chi connectivity index (χ1v) is 8.29. The van der Waals surface area contributed by atoms with Crippen LogP contribution < -0.4 is 5.73 Å². The molecule has 0 radical (unpaired) electrons. The Labute approximate surface area is 118 Å². The van der Waals surface area contributed by atoms with Crippen molar-refractivity contribution in [2.45, 2.75) is 19.5 Å². The van der Waals surface area contributed by atoms with Crippen LogP contribution in [-0.2, 0) is 16.4 Å². The summed E-state index contributed by atoms with van der Waals surface area (Å²) < 4.78 is 23.1. The van der Waals surface area contributed by atoms with Crippen LogP contribution in [0.1, 0.15) is 18.2 Å². The summed E-state index contributed by atoms with van der Waals surface area (Å²) in [4.78, 5) is 6.52. The Morgan fingerprint density at radius 3 is 3.00 bits per heavy atom. The molecule has 104 valence electrons. The Hall–Kier alpha value is -1.05. The average Bonchev–Trinajstić information content (AvgIpc) is 2.32. The molecule has 0 saturated carbocycles. The van der Waals surface area contributed by atoms with Gasteiger partial charge in [0.2, 0.25) is 0 Å². The van der Waals surface area contributed by atoms with Crippen molar-refractivity contribution in [2.24, 2.45) is 5.73 Å². The van der Waals surface area contributed by atoms with Crippen molar-refractivity contribution in [3.8, 4) is 0 Å². The van der Waals surface area contributed by atoms with Crippen molar-refractivity contribution < 1.29 is 8.42 Å². The van der Waals surface area contributed by atoms with Crippen LogP contribution in [0.4, 0.5) is 0 Å². The minimum absolute atomic E-state index is 0.0280. The van der Waals surface area contributed by atoms with Gasteiger partial charge in [-0.2, -0.15) is 0 Å². The smallest absolute Gasteiger partial charge is 0.153 e. The predicted molar refractivity (Wildman–Crippen MR) is 78.7 cm³/mol. The van der Waals surface area contributed by atoms with Crippen LogP contribution in [0.3, 0.4) is 0 Å². The molecule has 1 aromatic heterocycles. The van der Waals surface area contributed by atoms with Crippen LogP contribution in [0.25, 0.3) is 0 Å². The highest BCUT2D eigenvalue weighted by molar-refractivity contribution is 7.91. The fourth-order valence-corrected chi connectivity index (χ4v) is 3.95. The van der Waals surface area contributed by atoms with Crippen LogP contribution >= 0.6 is 12.2 Å². The van der Waals surface area contributed by atoms with E-state index < -0.39 is 9.84 Å². The summed E-state index contributed by atoms with van der Waals surface area (Å²) in [6, 6.07) is 3.79. The molecule has 1 aliphatic rings. The van der Waals surface area contributed by atoms with Crippen molar-refractivity contribution in [1.29, 1.82) is 0 Å². The van der Waals surface area contributed by atoms with Crippen LogP contribution in [0.5, 0.6) is 0 Å². The van der Waals surface area contributed by atoms with E-state index in [0.717, 1.165) is 5.56 Å². The van der Waals surface area contributed by atoms with Crippen molar-refractivity contribution in [1.82, 2.24) is 9.88 Å². The van der Waals surface area contributed by atoms with Gasteiger partial charge >= 0.3 is 0 Å². The quantitative estimate of drug-likeness (QED) is 0.811. The van der Waals surface area contributed by atoms with Crippen LogP contribution in [0.2, 0.25) is 0 Å². The third kappa shape index (κ3) is 3.71. The maximum atomic E-state index is 11.5. The topological polar surface area (TPSA) is 76.3 Å². The van der Waals surface area contributed by atoms with Gasteiger partial charge in [-0.05, 0) is 24.6 Å². The number of thiocarbonyl (C=S) groups is 1. The molecular weight excluding hydrogens is 282 g/mol. The van der Waals surface area contributed by atoms with E-state index in [9.17, 15) is 8.42 Å². The molecule has 0 amide bonds. The first kappa shape index (κ1) is 14.4. The summed E-state index contributed by atoms with van der Waals surface area (Å²) in [5, 5.41) is 0. The van der Waals surface area contributed by atoms with Crippen molar-refractivity contribution >= 4 is 27.0 Å². The van der Waals surface area contributed by atoms with Gasteiger partial charge in [-0.1, -0.05) is 12.2 Å². The molecule has 1 atom stereocenters. The number of hydrogen-bond acceptors (Lipinski definition) is 5. The Morgan fingerprint density at radius 2 is 2.37 bits per heavy atom. The number of hydrogen-bond donors (Lipinski definition) is 1. The number of sulfone groups is 1. The molecule has 0 aromatic carbocycles. The number of pyridine rings is 1. The lowest BCUT2D eigenvalue weighted by atomic mass is 10.2. The molecule has 2 rings (SSSR count). The van der Waals surface area contributed by atoms with Gasteiger partial charge in [-0.15, -0.1) is 0 Å². The number of nitrogens with zero attached hydrogens (tertiary/aromatic N) is 2. The molecule has 1 saturated heterocycles. The van der Waals surface area contributed by atoms with Gasteiger partial charge in [-0.3, -0.25) is 9.88 Å². The Balaban J connectivity index is 2.09. The highest BCUT2D eigenvalue weighted by Gasteiger charge is 2.27. The zero-order chi connectivity index (χ0) is 14.0. The molecule has 2 N–H and O–H groups in total. The predicted octanol–water partition coefficient (Wildman–Crippen LogP) is 0.335. The highest BCUT2D eigenvalue weighted by Crippen LogP contribution is 2.15. The van der Waals surface area contributed by atoms with E-state index in [-0.39, 0.29) is 22.5 Å². The van der Waals surface area contributed by atoms with Crippen LogP contribution in [0.15, 0.2) is 18.3 Å². The Kier molecular flexibility index (Phi) is 4.17. The Morgan fingerprint density at radius 1 is 1.63 bits per heavy atom. The second-order valence-electron chi connectivity index (χ2n) is 4.85. The van der Waals surface area contributed by atoms with E-state index in [0.29, 0.717) is 18.8 Å². The first-order valence-electron chi connectivity index (χ1n) is 6.06. The summed E-state index contributed by atoms with van der Waals surface area (Å²) in [7, 11) is -2.87. The fraction of sp³-hybridized carbons (Fsp3) is 0.500. The normalized spacial score (nSPS) is 23.1. The average molecular weight is 299 g/mol. The standard InChI is InChI=1S/C12H17N3O2S2/c1-9-8-19(16,17)5-4-15(9)7-10-2-3-14-11(6-10)12(13)18/h2-3,6,9H,4-5,7-8H2,1H3,(H2,13,18). The molecule has 0 aliphatic carbocycles. The van der Waals surface area contributed by atoms with Crippen molar-refractivity contribution in [2.75, 3.05) is 18.1 Å². The molecule has 7 heteroatoms. The maximum absolute atomic E-state index is 11.5. The van der Waals surface area contributed by atoms with E-state index in [1.54, 1.807) is 6.20 Å². The summed E-state index contributed by atoms with van der Waals surface area (Å²) in [5.74, 6) is 0.449. The van der Waals surface area contributed by atoms with Gasteiger partial charge < -0.3 is 5.73 Å². The first-order chi connectivity index (χ1) is 8.87. The zero-order valence-corrected chi connectivity index (χ0v) is 12.4. The third-order valence-electron chi connectivity index (χ3n) is 3.27. The molecule has 1 aromatic rings. The van der Waals surface area contributed by atoms with E-state index in [1.165, 1.54) is 0 Å². The molecule has 1 fully saturated rings. The lowest BCUT2D eigenvalue weighted by Crippen LogP contribution is -2.46. The van der Waals surface area contributed by atoms with Gasteiger partial charge in [0.15, 0.2) is 9.84 Å². The number of rotatable bonds is 3. The van der Waals surface area contributed by atoms with E-state index in [2.05, 4.69) is 9.88 Å². The molecule has 0 spiro atoms. The van der Waals surface area contributed by atoms with Crippen molar-refractivity contribution in [3.05, 3.63) is 29.6 Å². The minimum atomic E-state index is -2.87. The zero-order valence-electron chi connectivity index (χ0n) is 10.7. The highest BCUT2D eigenvalue weighted by atomic mass is 32.2. The van der Waals surface area contributed by atoms with Gasteiger partial charge in [0, 0.05) is 25.3 Å². The molecule has 1 aliphatic heterocycles. The molecule has 19 heavy (non-hydrogen) atoms. The lowest BCUT2D eigenvalue weighted by Gasteiger charge is -2.33. The van der Waals surface area contributed by atoms with Gasteiger partial charge in [0.05, 0.1) is 17.2 Å². The van der Waals surface area contributed by atoms with E-state index in [1.807, 2.05) is 19.1 Å². The molecule has 0 bridgehead atoms. The molecule has 1 unspecified atom stereocenters. The molecule has 2 heterocycles. The van der Waals surface area contributed by atoms with E-state index >= 15 is 0 Å². The third-order valence-corrected chi connectivity index (χ3v) is 5.27. The molecule has 5 nitrogen and oxygen atoms in total. The molecular formula is C12H17N3O2S2. The summed E-state index contributed by atoms with van der Waals surface area (Å²) in [5.41, 5.74) is 7.20. The Bertz CT molecular complexity index is 586. The lowest BCUT2D eigenvalue weighted by molar-refractivity contribution is 0.218. The number of nitrogens with two attached hydrogens (primary N) is 1. The van der Waals surface area contributed by atoms with Gasteiger partial charge in [0.1, 0.15) is 4.99 Å². The summed E-state index contributed by atoms with van der Waals surface area (Å²) in [6.45, 7) is 3.19. The fourth-order valence-electron chi connectivity index (χ4n) is 2.21. The minimum Gasteiger partial charge on any atom is -0.388 e. The van der Waals surface area contributed by atoms with Crippen molar-refractivity contribution in [3.63, 3.8) is 0 Å². The summed E-state index contributed by atoms with van der Waals surface area (Å²) in [6.07, 6.45) is 1.68. The van der Waals surface area contributed by atoms with Crippen LogP contribution in [0, 0.1) is 0 Å². The monoisotopic (exact) mass is 299 g/mol.